The third-order valence-corrected chi connectivity index (χ3v) is 4.65. The van der Waals surface area contributed by atoms with Crippen LogP contribution >= 0.6 is 11.3 Å². The summed E-state index contributed by atoms with van der Waals surface area (Å²) in [6.45, 7) is -0.516. The van der Waals surface area contributed by atoms with Gasteiger partial charge in [0.25, 0.3) is 5.91 Å². The Morgan fingerprint density at radius 3 is 2.76 bits per heavy atom. The standard InChI is InChI=1S/C16H14N2O5S2/c1-25(21,22)10-11-3-2-4-12(7-11)16(20)23-9-14(19)18-15-13(8-17)5-6-24-15/h2-7H,9-10H2,1H3,(H,18,19). The number of nitrogens with zero attached hydrogens (tertiary/aromatic N) is 1. The first-order chi connectivity index (χ1) is 11.8. The lowest BCUT2D eigenvalue weighted by molar-refractivity contribution is -0.119. The zero-order valence-corrected chi connectivity index (χ0v) is 14.8. The van der Waals surface area contributed by atoms with Crippen LogP contribution in [0.1, 0.15) is 21.5 Å². The van der Waals surface area contributed by atoms with E-state index in [0.717, 1.165) is 6.26 Å². The first kappa shape index (κ1) is 18.6. The zero-order valence-electron chi connectivity index (χ0n) is 13.2. The Hall–Kier alpha value is -2.70. The highest BCUT2D eigenvalue weighted by molar-refractivity contribution is 7.89. The van der Waals surface area contributed by atoms with Gasteiger partial charge in [-0.3, -0.25) is 4.79 Å². The van der Waals surface area contributed by atoms with Crippen LogP contribution in [0, 0.1) is 11.3 Å². The van der Waals surface area contributed by atoms with Crippen molar-refractivity contribution >= 4 is 38.1 Å². The molecule has 2 rings (SSSR count). The van der Waals surface area contributed by atoms with E-state index in [4.69, 9.17) is 10.00 Å². The van der Waals surface area contributed by atoms with Gasteiger partial charge in [-0.2, -0.15) is 5.26 Å². The maximum Gasteiger partial charge on any atom is 0.338 e. The van der Waals surface area contributed by atoms with Gasteiger partial charge in [0.15, 0.2) is 16.4 Å². The van der Waals surface area contributed by atoms with Gasteiger partial charge in [-0.05, 0) is 29.1 Å². The molecule has 1 amide bonds. The Kier molecular flexibility index (Phi) is 5.90. The average molecular weight is 378 g/mol. The number of hydrogen-bond acceptors (Lipinski definition) is 7. The molecular formula is C16H14N2O5S2. The number of benzene rings is 1. The Morgan fingerprint density at radius 2 is 2.08 bits per heavy atom. The minimum Gasteiger partial charge on any atom is -0.452 e. The van der Waals surface area contributed by atoms with E-state index in [-0.39, 0.29) is 11.3 Å². The minimum absolute atomic E-state index is 0.155. The van der Waals surface area contributed by atoms with E-state index in [1.165, 1.54) is 23.5 Å². The molecule has 0 saturated heterocycles. The van der Waals surface area contributed by atoms with Crippen molar-refractivity contribution in [1.29, 1.82) is 5.26 Å². The molecule has 0 radical (unpaired) electrons. The molecule has 1 aromatic carbocycles. The van der Waals surface area contributed by atoms with Crippen molar-refractivity contribution in [3.8, 4) is 6.07 Å². The van der Waals surface area contributed by atoms with Gasteiger partial charge in [0, 0.05) is 6.26 Å². The second-order valence-corrected chi connectivity index (χ2v) is 8.23. The Morgan fingerprint density at radius 1 is 1.32 bits per heavy atom. The normalized spacial score (nSPS) is 10.7. The quantitative estimate of drug-likeness (QED) is 0.769. The highest BCUT2D eigenvalue weighted by Gasteiger charge is 2.14. The minimum atomic E-state index is -3.22. The number of hydrogen-bond donors (Lipinski definition) is 1. The molecule has 9 heteroatoms. The molecule has 0 saturated carbocycles. The first-order valence-corrected chi connectivity index (χ1v) is 9.94. The summed E-state index contributed by atoms with van der Waals surface area (Å²) in [7, 11) is -3.22. The van der Waals surface area contributed by atoms with E-state index >= 15 is 0 Å². The van der Waals surface area contributed by atoms with E-state index < -0.39 is 28.3 Å². The van der Waals surface area contributed by atoms with Crippen molar-refractivity contribution in [3.05, 3.63) is 52.4 Å². The summed E-state index contributed by atoms with van der Waals surface area (Å²) in [6.07, 6.45) is 1.10. The van der Waals surface area contributed by atoms with Crippen molar-refractivity contribution in [1.82, 2.24) is 0 Å². The van der Waals surface area contributed by atoms with E-state index in [2.05, 4.69) is 5.32 Å². The van der Waals surface area contributed by atoms with E-state index in [9.17, 15) is 18.0 Å². The summed E-state index contributed by atoms with van der Waals surface area (Å²) in [4.78, 5) is 23.8. The summed E-state index contributed by atoms with van der Waals surface area (Å²) < 4.78 is 27.5. The van der Waals surface area contributed by atoms with Crippen LogP contribution in [0.2, 0.25) is 0 Å². The van der Waals surface area contributed by atoms with Gasteiger partial charge >= 0.3 is 5.97 Å². The number of carbonyl (C=O) groups is 2. The number of ether oxygens (including phenoxy) is 1. The van der Waals surface area contributed by atoms with Gasteiger partial charge in [-0.25, -0.2) is 13.2 Å². The monoisotopic (exact) mass is 378 g/mol. The van der Waals surface area contributed by atoms with E-state index in [0.29, 0.717) is 16.1 Å². The third kappa shape index (κ3) is 5.70. The predicted octanol–water partition coefficient (Wildman–Crippen LogP) is 1.96. The molecule has 7 nitrogen and oxygen atoms in total. The average Bonchev–Trinajstić information content (AvgIpc) is 2.98. The van der Waals surface area contributed by atoms with Crippen LogP contribution < -0.4 is 5.32 Å². The Bertz CT molecular complexity index is 941. The number of esters is 1. The second-order valence-electron chi connectivity index (χ2n) is 5.17. The maximum atomic E-state index is 12.0. The molecule has 0 aliphatic heterocycles. The van der Waals surface area contributed by atoms with Gasteiger partial charge in [-0.15, -0.1) is 11.3 Å². The number of thiophene rings is 1. The lowest BCUT2D eigenvalue weighted by atomic mass is 10.1. The van der Waals surface area contributed by atoms with Gasteiger partial charge < -0.3 is 10.1 Å². The number of amides is 1. The molecule has 1 N–H and O–H groups in total. The first-order valence-electron chi connectivity index (χ1n) is 7.00. The molecule has 25 heavy (non-hydrogen) atoms. The number of nitriles is 1. The molecule has 0 aliphatic rings. The summed E-state index contributed by atoms with van der Waals surface area (Å²) in [6, 6.07) is 9.52. The molecule has 1 aromatic heterocycles. The van der Waals surface area contributed by atoms with E-state index in [1.807, 2.05) is 6.07 Å². The smallest absolute Gasteiger partial charge is 0.338 e. The molecule has 0 unspecified atom stereocenters. The summed E-state index contributed by atoms with van der Waals surface area (Å²) in [5, 5.41) is 13.4. The largest absolute Gasteiger partial charge is 0.452 e. The molecule has 130 valence electrons. The Balaban J connectivity index is 1.95. The topological polar surface area (TPSA) is 113 Å². The van der Waals surface area contributed by atoms with Crippen LogP contribution in [0.25, 0.3) is 0 Å². The number of anilines is 1. The molecule has 1 heterocycles. The fraction of sp³-hybridized carbons (Fsp3) is 0.188. The van der Waals surface area contributed by atoms with Crippen LogP contribution in [0.5, 0.6) is 0 Å². The summed E-state index contributed by atoms with van der Waals surface area (Å²) in [5.74, 6) is -1.50. The lowest BCUT2D eigenvalue weighted by Gasteiger charge is -2.07. The zero-order chi connectivity index (χ0) is 18.4. The van der Waals surface area contributed by atoms with E-state index in [1.54, 1.807) is 23.6 Å². The highest BCUT2D eigenvalue weighted by Crippen LogP contribution is 2.21. The van der Waals surface area contributed by atoms with Gasteiger partial charge in [-0.1, -0.05) is 12.1 Å². The van der Waals surface area contributed by atoms with Crippen LogP contribution in [0.3, 0.4) is 0 Å². The second kappa shape index (κ2) is 7.92. The molecule has 0 spiro atoms. The third-order valence-electron chi connectivity index (χ3n) is 2.96. The fourth-order valence-corrected chi connectivity index (χ4v) is 3.50. The molecule has 0 fully saturated rings. The molecule has 0 atom stereocenters. The summed E-state index contributed by atoms with van der Waals surface area (Å²) in [5.41, 5.74) is 0.944. The van der Waals surface area contributed by atoms with Gasteiger partial charge in [0.2, 0.25) is 0 Å². The number of sulfone groups is 1. The molecule has 0 bridgehead atoms. The summed E-state index contributed by atoms with van der Waals surface area (Å²) >= 11 is 1.19. The number of nitrogens with one attached hydrogen (secondary N) is 1. The fourth-order valence-electron chi connectivity index (χ4n) is 1.96. The van der Waals surface area contributed by atoms with Crippen LogP contribution in [0.15, 0.2) is 35.7 Å². The van der Waals surface area contributed by atoms with Crippen molar-refractivity contribution in [3.63, 3.8) is 0 Å². The van der Waals surface area contributed by atoms with Crippen molar-refractivity contribution in [2.45, 2.75) is 5.75 Å². The van der Waals surface area contributed by atoms with Crippen molar-refractivity contribution < 1.29 is 22.7 Å². The molecule has 2 aromatic rings. The number of rotatable bonds is 6. The van der Waals surface area contributed by atoms with Crippen molar-refractivity contribution in [2.24, 2.45) is 0 Å². The molecular weight excluding hydrogens is 364 g/mol. The van der Waals surface area contributed by atoms with Crippen molar-refractivity contribution in [2.75, 3.05) is 18.2 Å². The van der Waals surface area contributed by atoms with Gasteiger partial charge in [0.1, 0.15) is 11.1 Å². The number of carbonyl (C=O) groups excluding carboxylic acids is 2. The lowest BCUT2D eigenvalue weighted by Crippen LogP contribution is -2.20. The van der Waals surface area contributed by atoms with Crippen LogP contribution in [-0.2, 0) is 25.1 Å². The predicted molar refractivity (Wildman–Crippen MR) is 92.9 cm³/mol. The SMILES string of the molecule is CS(=O)(=O)Cc1cccc(C(=O)OCC(=O)Nc2sccc2C#N)c1. The maximum absolute atomic E-state index is 12.0. The Labute approximate surface area is 148 Å². The molecule has 0 aliphatic carbocycles. The van der Waals surface area contributed by atoms with Gasteiger partial charge in [0.05, 0.1) is 16.9 Å². The highest BCUT2D eigenvalue weighted by atomic mass is 32.2. The van der Waals surface area contributed by atoms with Crippen LogP contribution in [-0.4, -0.2) is 33.2 Å². The van der Waals surface area contributed by atoms with Crippen LogP contribution in [0.4, 0.5) is 5.00 Å².